The van der Waals surface area contributed by atoms with Crippen molar-refractivity contribution in [2.75, 3.05) is 6.54 Å². The summed E-state index contributed by atoms with van der Waals surface area (Å²) in [6.07, 6.45) is 4.62. The van der Waals surface area contributed by atoms with E-state index in [9.17, 15) is 4.39 Å². The molecule has 0 amide bonds. The van der Waals surface area contributed by atoms with E-state index in [2.05, 4.69) is 27.1 Å². The molecule has 1 atom stereocenters. The maximum atomic E-state index is 13.0. The second-order valence-corrected chi connectivity index (χ2v) is 5.42. The average molecular weight is 282 g/mol. The van der Waals surface area contributed by atoms with Gasteiger partial charge in [0.2, 0.25) is 0 Å². The first-order valence-electron chi connectivity index (χ1n) is 7.07. The zero-order valence-electron chi connectivity index (χ0n) is 11.5. The van der Waals surface area contributed by atoms with E-state index in [1.807, 2.05) is 18.3 Å². The Labute approximate surface area is 121 Å². The molecule has 106 valence electrons. The van der Waals surface area contributed by atoms with Crippen molar-refractivity contribution in [1.29, 1.82) is 0 Å². The average Bonchev–Trinajstić information content (AvgIpc) is 2.93. The van der Waals surface area contributed by atoms with E-state index in [1.165, 1.54) is 23.3 Å². The third-order valence-electron chi connectivity index (χ3n) is 4.12. The minimum absolute atomic E-state index is 0.179. The zero-order chi connectivity index (χ0) is 14.2. The van der Waals surface area contributed by atoms with Crippen molar-refractivity contribution in [2.45, 2.75) is 19.0 Å². The number of halogens is 1. The van der Waals surface area contributed by atoms with Crippen LogP contribution in [-0.4, -0.2) is 26.0 Å². The summed E-state index contributed by atoms with van der Waals surface area (Å²) in [5.41, 5.74) is 3.28. The predicted octanol–water partition coefficient (Wildman–Crippen LogP) is 2.82. The van der Waals surface area contributed by atoms with Gasteiger partial charge in [0.15, 0.2) is 5.65 Å². The Hall–Kier alpha value is -2.27. The first-order chi connectivity index (χ1) is 10.3. The molecule has 0 radical (unpaired) electrons. The second-order valence-electron chi connectivity index (χ2n) is 5.42. The number of aromatic nitrogens is 3. The highest BCUT2D eigenvalue weighted by Gasteiger charge is 2.29. The predicted molar refractivity (Wildman–Crippen MR) is 77.2 cm³/mol. The number of benzene rings is 1. The Kier molecular flexibility index (Phi) is 2.93. The monoisotopic (exact) mass is 282 g/mol. The fourth-order valence-electron chi connectivity index (χ4n) is 2.88. The first kappa shape index (κ1) is 12.5. The fraction of sp³-hybridized carbons (Fsp3) is 0.250. The van der Waals surface area contributed by atoms with E-state index < -0.39 is 0 Å². The third kappa shape index (κ3) is 2.29. The van der Waals surface area contributed by atoms with Crippen molar-refractivity contribution in [3.63, 3.8) is 0 Å². The van der Waals surface area contributed by atoms with Crippen molar-refractivity contribution < 1.29 is 4.39 Å². The molecule has 1 saturated heterocycles. The number of likely N-dealkylation sites (tertiary alicyclic amines) is 1. The second kappa shape index (κ2) is 4.93. The molecule has 5 heteroatoms. The summed E-state index contributed by atoms with van der Waals surface area (Å²) in [7, 11) is 0. The van der Waals surface area contributed by atoms with Crippen molar-refractivity contribution in [2.24, 2.45) is 0 Å². The molecule has 3 heterocycles. The minimum Gasteiger partial charge on any atom is -0.292 e. The summed E-state index contributed by atoms with van der Waals surface area (Å²) in [4.78, 5) is 6.61. The van der Waals surface area contributed by atoms with Crippen molar-refractivity contribution in [1.82, 2.24) is 19.5 Å². The quantitative estimate of drug-likeness (QED) is 0.740. The van der Waals surface area contributed by atoms with Crippen molar-refractivity contribution >= 4 is 5.65 Å². The van der Waals surface area contributed by atoms with Crippen LogP contribution in [0.4, 0.5) is 4.39 Å². The molecule has 3 aromatic rings. The van der Waals surface area contributed by atoms with Crippen LogP contribution < -0.4 is 0 Å². The van der Waals surface area contributed by atoms with Crippen LogP contribution in [0.2, 0.25) is 0 Å². The first-order valence-corrected chi connectivity index (χ1v) is 7.07. The summed E-state index contributed by atoms with van der Waals surface area (Å²) >= 11 is 0. The Morgan fingerprint density at radius 2 is 2.05 bits per heavy atom. The standard InChI is InChI=1S/C16H15FN4/c17-14-3-1-13(2-4-14)15-6-7-20(15)10-12-5-8-21-16(9-12)18-11-19-21/h1-5,8-9,11,15H,6-7,10H2. The molecule has 4 rings (SSSR count). The van der Waals surface area contributed by atoms with Crippen LogP contribution in [0.1, 0.15) is 23.6 Å². The van der Waals surface area contributed by atoms with Crippen LogP contribution in [0.3, 0.4) is 0 Å². The van der Waals surface area contributed by atoms with Gasteiger partial charge in [-0.15, -0.1) is 0 Å². The maximum Gasteiger partial charge on any atom is 0.155 e. The highest BCUT2D eigenvalue weighted by Crippen LogP contribution is 2.34. The van der Waals surface area contributed by atoms with Crippen molar-refractivity contribution in [3.05, 3.63) is 65.9 Å². The lowest BCUT2D eigenvalue weighted by atomic mass is 9.94. The van der Waals surface area contributed by atoms with E-state index in [1.54, 1.807) is 10.8 Å². The van der Waals surface area contributed by atoms with Gasteiger partial charge in [0.05, 0.1) is 0 Å². The molecule has 0 aliphatic carbocycles. The number of pyridine rings is 1. The molecule has 0 spiro atoms. The van der Waals surface area contributed by atoms with Gasteiger partial charge < -0.3 is 0 Å². The van der Waals surface area contributed by atoms with E-state index in [0.29, 0.717) is 6.04 Å². The SMILES string of the molecule is Fc1ccc(C2CCN2Cc2ccn3ncnc3c2)cc1. The van der Waals surface area contributed by atoms with Gasteiger partial charge in [-0.3, -0.25) is 4.90 Å². The minimum atomic E-state index is -0.179. The molecule has 21 heavy (non-hydrogen) atoms. The van der Waals surface area contributed by atoms with Gasteiger partial charge >= 0.3 is 0 Å². The van der Waals surface area contributed by atoms with E-state index >= 15 is 0 Å². The summed E-state index contributed by atoms with van der Waals surface area (Å²) in [5.74, 6) is -0.179. The van der Waals surface area contributed by atoms with Gasteiger partial charge in [0.25, 0.3) is 0 Å². The van der Waals surface area contributed by atoms with Gasteiger partial charge in [0, 0.05) is 25.3 Å². The Morgan fingerprint density at radius 3 is 2.81 bits per heavy atom. The number of nitrogens with zero attached hydrogens (tertiary/aromatic N) is 4. The normalized spacial score (nSPS) is 18.8. The lowest BCUT2D eigenvalue weighted by Gasteiger charge is -2.41. The summed E-state index contributed by atoms with van der Waals surface area (Å²) < 4.78 is 14.8. The molecule has 0 saturated carbocycles. The molecule has 1 fully saturated rings. The smallest absolute Gasteiger partial charge is 0.155 e. The molecule has 1 aliphatic heterocycles. The van der Waals surface area contributed by atoms with Gasteiger partial charge in [0.1, 0.15) is 12.1 Å². The van der Waals surface area contributed by atoms with Crippen LogP contribution >= 0.6 is 0 Å². The zero-order valence-corrected chi connectivity index (χ0v) is 11.5. The van der Waals surface area contributed by atoms with Crippen LogP contribution in [0.15, 0.2) is 48.9 Å². The Morgan fingerprint density at radius 1 is 1.19 bits per heavy atom. The van der Waals surface area contributed by atoms with Crippen molar-refractivity contribution in [3.8, 4) is 0 Å². The summed E-state index contributed by atoms with van der Waals surface area (Å²) in [5, 5.41) is 4.10. The number of hydrogen-bond acceptors (Lipinski definition) is 3. The Balaban J connectivity index is 1.52. The molecule has 4 nitrogen and oxygen atoms in total. The molecule has 0 N–H and O–H groups in total. The van der Waals surface area contributed by atoms with Gasteiger partial charge in [-0.2, -0.15) is 5.10 Å². The molecule has 0 bridgehead atoms. The maximum absolute atomic E-state index is 13.0. The largest absolute Gasteiger partial charge is 0.292 e. The molecule has 1 aliphatic rings. The van der Waals surface area contributed by atoms with Gasteiger partial charge in [-0.1, -0.05) is 12.1 Å². The lowest BCUT2D eigenvalue weighted by molar-refractivity contribution is 0.0818. The number of fused-ring (bicyclic) bond motifs is 1. The van der Waals surface area contributed by atoms with Crippen LogP contribution in [0, 0.1) is 5.82 Å². The number of hydrogen-bond donors (Lipinski definition) is 0. The molecular weight excluding hydrogens is 267 g/mol. The molecule has 1 aromatic carbocycles. The van der Waals surface area contributed by atoms with E-state index in [-0.39, 0.29) is 5.82 Å². The number of rotatable bonds is 3. The van der Waals surface area contributed by atoms with Crippen LogP contribution in [0.25, 0.3) is 5.65 Å². The highest BCUT2D eigenvalue weighted by molar-refractivity contribution is 5.39. The highest BCUT2D eigenvalue weighted by atomic mass is 19.1. The van der Waals surface area contributed by atoms with E-state index in [4.69, 9.17) is 0 Å². The molecular formula is C16H15FN4. The fourth-order valence-corrected chi connectivity index (χ4v) is 2.88. The van der Waals surface area contributed by atoms with Gasteiger partial charge in [-0.25, -0.2) is 13.9 Å². The van der Waals surface area contributed by atoms with Gasteiger partial charge in [-0.05, 0) is 41.8 Å². The summed E-state index contributed by atoms with van der Waals surface area (Å²) in [6.45, 7) is 1.95. The lowest BCUT2D eigenvalue weighted by Crippen LogP contribution is -2.40. The third-order valence-corrected chi connectivity index (χ3v) is 4.12. The van der Waals surface area contributed by atoms with Crippen LogP contribution in [0.5, 0.6) is 0 Å². The van der Waals surface area contributed by atoms with Crippen LogP contribution in [-0.2, 0) is 6.54 Å². The molecule has 1 unspecified atom stereocenters. The topological polar surface area (TPSA) is 33.4 Å². The molecule has 2 aromatic heterocycles. The Bertz CT molecular complexity index is 765. The summed E-state index contributed by atoms with van der Waals surface area (Å²) in [6, 6.07) is 11.4. The van der Waals surface area contributed by atoms with E-state index in [0.717, 1.165) is 25.2 Å².